The molecule has 0 aliphatic carbocycles. The second-order valence-corrected chi connectivity index (χ2v) is 0. The van der Waals surface area contributed by atoms with Crippen molar-refractivity contribution in [3.8, 4) is 0 Å². The Hall–Kier alpha value is 1.31. The molecule has 0 heterocycles. The normalized spacial score (nSPS) is 1.50. The predicted molar refractivity (Wildman–Crippen MR) is 18.0 cm³/mol. The van der Waals surface area contributed by atoms with Crippen LogP contribution in [0.1, 0.15) is 0 Å². The molecule has 0 atom stereocenters. The Morgan fingerprint density at radius 3 is 1.25 bits per heavy atom. The van der Waals surface area contributed by atoms with Crippen molar-refractivity contribution in [2.24, 2.45) is 0 Å². The van der Waals surface area contributed by atoms with Gasteiger partial charge in [0.25, 0.3) is 0 Å². The molecule has 1 N–H and O–H groups in total. The minimum atomic E-state index is 0. The number of halogens is 1. The zero-order valence-corrected chi connectivity index (χ0v) is 3.26. The van der Waals surface area contributed by atoms with Gasteiger partial charge in [-0.3, -0.25) is 4.66 Å². The molecule has 4 heteroatoms. The zero-order chi connectivity index (χ0) is 2.00. The second-order valence-electron chi connectivity index (χ2n) is 0. The maximum absolute atomic E-state index is 6.47. The third kappa shape index (κ3) is 10.3. The van der Waals surface area contributed by atoms with Crippen LogP contribution in [0.15, 0.2) is 0 Å². The van der Waals surface area contributed by atoms with Gasteiger partial charge in [-0.1, -0.05) is 0 Å². The van der Waals surface area contributed by atoms with Gasteiger partial charge in [-0.25, -0.2) is 0 Å². The third-order valence-electron chi connectivity index (χ3n) is 0. The van der Waals surface area contributed by atoms with E-state index in [9.17, 15) is 0 Å². The molecule has 0 rings (SSSR count). The monoisotopic (exact) mass is 134 g/mol. The summed E-state index contributed by atoms with van der Waals surface area (Å²) in [5.74, 6) is 0. The summed E-state index contributed by atoms with van der Waals surface area (Å²) in [5, 5.41) is 0. The summed E-state index contributed by atoms with van der Waals surface area (Å²) in [4.78, 5) is 0. The Kier molecular flexibility index (Phi) is 127. The summed E-state index contributed by atoms with van der Waals surface area (Å²) >= 11 is 3.64. The van der Waals surface area contributed by atoms with Gasteiger partial charge in [-0.2, -0.15) is 0 Å². The van der Waals surface area contributed by atoms with E-state index in [1.807, 2.05) is 0 Å². The SMILES string of the molecule is OCl.[AlH3].[Cr]. The fourth-order valence-corrected chi connectivity index (χ4v) is 0. The van der Waals surface area contributed by atoms with E-state index in [1.54, 1.807) is 0 Å². The molecule has 0 fully saturated rings. The smallest absolute Gasteiger partial charge is 0.187 e. The van der Waals surface area contributed by atoms with Crippen LogP contribution in [-0.4, -0.2) is 22.0 Å². The molecular weight excluding hydrogens is 130 g/mol. The van der Waals surface area contributed by atoms with Crippen molar-refractivity contribution in [1.29, 1.82) is 0 Å². The van der Waals surface area contributed by atoms with Crippen molar-refractivity contribution in [2.45, 2.75) is 0 Å². The molecule has 0 aromatic rings. The Morgan fingerprint density at radius 2 is 1.25 bits per heavy atom. The van der Waals surface area contributed by atoms with Gasteiger partial charge in [-0.15, -0.1) is 0 Å². The van der Waals surface area contributed by atoms with Crippen molar-refractivity contribution in [3.63, 3.8) is 0 Å². The van der Waals surface area contributed by atoms with Crippen LogP contribution in [0.2, 0.25) is 0 Å². The molecule has 0 amide bonds. The molecule has 0 aromatic heterocycles. The third-order valence-corrected chi connectivity index (χ3v) is 0. The summed E-state index contributed by atoms with van der Waals surface area (Å²) in [6.45, 7) is 0. The van der Waals surface area contributed by atoms with Crippen LogP contribution in [-0.2, 0) is 17.4 Å². The topological polar surface area (TPSA) is 20.2 Å². The van der Waals surface area contributed by atoms with Gasteiger partial charge in [-0.05, 0) is 0 Å². The van der Waals surface area contributed by atoms with Crippen molar-refractivity contribution in [3.05, 3.63) is 0 Å². The summed E-state index contributed by atoms with van der Waals surface area (Å²) < 4.78 is 6.47. The molecule has 26 valence electrons. The van der Waals surface area contributed by atoms with Gasteiger partial charge in [0.1, 0.15) is 0 Å². The number of hydrogen-bond acceptors (Lipinski definition) is 1. The van der Waals surface area contributed by atoms with Crippen molar-refractivity contribution >= 4 is 29.2 Å². The van der Waals surface area contributed by atoms with Gasteiger partial charge in [0.15, 0.2) is 17.4 Å². The average molecular weight is 134 g/mol. The minimum absolute atomic E-state index is 0. The van der Waals surface area contributed by atoms with Crippen molar-refractivity contribution in [1.82, 2.24) is 0 Å². The molecule has 1 nitrogen and oxygen atoms in total. The first-order valence-corrected chi connectivity index (χ1v) is 0.507. The van der Waals surface area contributed by atoms with E-state index in [1.165, 1.54) is 0 Å². The Labute approximate surface area is 51.4 Å². The standard InChI is InChI=1S/Al.ClHO.Cr.3H/c;1-2;;;;/h;2H;;;;. The van der Waals surface area contributed by atoms with E-state index in [0.29, 0.717) is 0 Å². The largest absolute Gasteiger partial charge is 0.295 e. The van der Waals surface area contributed by atoms with Crippen LogP contribution in [0, 0.1) is 0 Å². The van der Waals surface area contributed by atoms with E-state index in [0.717, 1.165) is 0 Å². The molecular formula is H4AlClCrO. The molecule has 4 heavy (non-hydrogen) atoms. The van der Waals surface area contributed by atoms with Gasteiger partial charge in [0.05, 0.1) is 11.9 Å². The minimum Gasteiger partial charge on any atom is -0.295 e. The summed E-state index contributed by atoms with van der Waals surface area (Å²) in [7, 11) is 0. The fraction of sp³-hybridized carbons (Fsp3) is 0. The first-order chi connectivity index (χ1) is 1.00. The molecule has 0 aliphatic heterocycles. The van der Waals surface area contributed by atoms with Crippen LogP contribution in [0.3, 0.4) is 0 Å². The Morgan fingerprint density at radius 1 is 1.25 bits per heavy atom. The fourth-order valence-electron chi connectivity index (χ4n) is 0. The second kappa shape index (κ2) is 27.4. The van der Waals surface area contributed by atoms with E-state index >= 15 is 0 Å². The molecule has 0 saturated heterocycles. The Bertz CT molecular complexity index is 8.00. The summed E-state index contributed by atoms with van der Waals surface area (Å²) in [6.07, 6.45) is 0. The van der Waals surface area contributed by atoms with Crippen molar-refractivity contribution < 1.29 is 22.0 Å². The van der Waals surface area contributed by atoms with Crippen LogP contribution in [0.5, 0.6) is 0 Å². The Balaban J connectivity index is -0.00000000500. The van der Waals surface area contributed by atoms with E-state index in [-0.39, 0.29) is 34.7 Å². The van der Waals surface area contributed by atoms with Crippen LogP contribution in [0.4, 0.5) is 0 Å². The molecule has 0 aliphatic rings. The molecule has 0 bridgehead atoms. The average Bonchev–Trinajstić information content (AvgIpc) is 1.00. The summed E-state index contributed by atoms with van der Waals surface area (Å²) in [6, 6.07) is 0. The van der Waals surface area contributed by atoms with Crippen molar-refractivity contribution in [2.75, 3.05) is 0 Å². The number of hydrogen-bond donors (Lipinski definition) is 1. The maximum Gasteiger partial charge on any atom is 0.187 e. The van der Waals surface area contributed by atoms with Gasteiger partial charge in [0, 0.05) is 17.4 Å². The van der Waals surface area contributed by atoms with Gasteiger partial charge < -0.3 is 0 Å². The van der Waals surface area contributed by atoms with Crippen LogP contribution in [0.25, 0.3) is 0 Å². The van der Waals surface area contributed by atoms with E-state index in [2.05, 4.69) is 11.9 Å². The van der Waals surface area contributed by atoms with Gasteiger partial charge >= 0.3 is 0 Å². The van der Waals surface area contributed by atoms with E-state index in [4.69, 9.17) is 4.66 Å². The molecule has 0 unspecified atom stereocenters. The first-order valence-electron chi connectivity index (χ1n) is 0.169. The first kappa shape index (κ1) is 18.5. The zero-order valence-electron chi connectivity index (χ0n) is 1.23. The summed E-state index contributed by atoms with van der Waals surface area (Å²) in [5.41, 5.74) is 0. The predicted octanol–water partition coefficient (Wildman–Crippen LogP) is -1.05. The molecule has 0 spiro atoms. The van der Waals surface area contributed by atoms with Gasteiger partial charge in [0.2, 0.25) is 0 Å². The quantitative estimate of drug-likeness (QED) is 0.419. The van der Waals surface area contributed by atoms with Crippen LogP contribution < -0.4 is 0 Å². The molecule has 0 saturated carbocycles. The van der Waals surface area contributed by atoms with Crippen LogP contribution >= 0.6 is 11.9 Å². The molecule has 0 aromatic carbocycles. The van der Waals surface area contributed by atoms with E-state index < -0.39 is 0 Å². The maximum atomic E-state index is 6.47. The molecule has 0 radical (unpaired) electrons. The number of rotatable bonds is 0.